The highest BCUT2D eigenvalue weighted by Gasteiger charge is 2.38. The maximum absolute atomic E-state index is 13.3. The molecule has 0 aliphatic carbocycles. The molecule has 0 unspecified atom stereocenters. The highest BCUT2D eigenvalue weighted by atomic mass is 32.2. The van der Waals surface area contributed by atoms with E-state index in [1.165, 1.54) is 113 Å². The molecule has 1 saturated heterocycles. The zero-order chi connectivity index (χ0) is 27.0. The van der Waals surface area contributed by atoms with Crippen molar-refractivity contribution in [3.63, 3.8) is 0 Å². The highest BCUT2D eigenvalue weighted by Crippen LogP contribution is 2.49. The van der Waals surface area contributed by atoms with Crippen molar-refractivity contribution in [2.75, 3.05) is 25.0 Å². The number of hydrogen-bond donors (Lipinski definition) is 0. The quantitative estimate of drug-likeness (QED) is 0.0967. The molecule has 0 bridgehead atoms. The first-order valence-corrected chi connectivity index (χ1v) is 16.7. The van der Waals surface area contributed by atoms with E-state index in [1.807, 2.05) is 19.2 Å². The minimum atomic E-state index is 0.0442. The minimum absolute atomic E-state index is 0.0442. The van der Waals surface area contributed by atoms with Gasteiger partial charge in [0.05, 0.1) is 10.7 Å². The van der Waals surface area contributed by atoms with Gasteiger partial charge in [-0.2, -0.15) is 0 Å². The largest absolute Gasteiger partial charge is 0.337 e. The molecule has 0 N–H and O–H groups in total. The van der Waals surface area contributed by atoms with Gasteiger partial charge in [0, 0.05) is 25.0 Å². The van der Waals surface area contributed by atoms with Gasteiger partial charge < -0.3 is 4.90 Å². The molecule has 0 atom stereocenters. The minimum Gasteiger partial charge on any atom is -0.337 e. The van der Waals surface area contributed by atoms with Crippen LogP contribution in [0.25, 0.3) is 0 Å². The maximum atomic E-state index is 13.3. The Balaban J connectivity index is 1.29. The van der Waals surface area contributed by atoms with Crippen LogP contribution in [0.2, 0.25) is 0 Å². The fraction of sp³-hybridized carbons (Fsp3) is 0.625. The summed E-state index contributed by atoms with van der Waals surface area (Å²) < 4.78 is 0. The van der Waals surface area contributed by atoms with Crippen LogP contribution in [-0.2, 0) is 4.79 Å². The third-order valence-electron chi connectivity index (χ3n) is 7.37. The van der Waals surface area contributed by atoms with E-state index in [2.05, 4.69) is 30.5 Å². The first-order chi connectivity index (χ1) is 18.7. The zero-order valence-corrected chi connectivity index (χ0v) is 25.5. The van der Waals surface area contributed by atoms with Gasteiger partial charge in [0.25, 0.3) is 5.91 Å². The molecule has 2 aliphatic heterocycles. The van der Waals surface area contributed by atoms with Gasteiger partial charge in [0.2, 0.25) is 0 Å². The van der Waals surface area contributed by atoms with Crippen LogP contribution in [0.4, 0.5) is 5.69 Å². The molecule has 1 aromatic carbocycles. The number of thioether (sulfide) groups is 2. The number of para-hydroxylation sites is 1. The van der Waals surface area contributed by atoms with Crippen molar-refractivity contribution in [3.8, 4) is 0 Å². The van der Waals surface area contributed by atoms with Crippen LogP contribution >= 0.6 is 23.5 Å². The highest BCUT2D eigenvalue weighted by molar-refractivity contribution is 8.19. The van der Waals surface area contributed by atoms with Gasteiger partial charge in [-0.05, 0) is 30.3 Å². The number of aliphatic imine (C=N–C) groups is 1. The van der Waals surface area contributed by atoms with Crippen LogP contribution in [0.15, 0.2) is 56.7 Å². The summed E-state index contributed by atoms with van der Waals surface area (Å²) in [5, 5.41) is 1.83. The average Bonchev–Trinajstić information content (AvgIpc) is 3.42. The Kier molecular flexibility index (Phi) is 14.5. The molecule has 38 heavy (non-hydrogen) atoms. The van der Waals surface area contributed by atoms with E-state index < -0.39 is 0 Å². The number of fused-ring (bicyclic) bond motifs is 1. The normalized spacial score (nSPS) is 18.2. The van der Waals surface area contributed by atoms with E-state index in [0.29, 0.717) is 6.54 Å². The summed E-state index contributed by atoms with van der Waals surface area (Å²) >= 11 is 3.20. The summed E-state index contributed by atoms with van der Waals surface area (Å²) in [5.74, 6) is 0.0442. The second-order valence-corrected chi connectivity index (χ2v) is 12.5. The molecule has 2 heterocycles. The Bertz CT molecular complexity index is 942. The van der Waals surface area contributed by atoms with Crippen LogP contribution in [0.1, 0.15) is 110 Å². The number of amides is 1. The maximum Gasteiger partial charge on any atom is 0.269 e. The summed E-state index contributed by atoms with van der Waals surface area (Å²) in [6, 6.07) is 8.31. The number of nitrogens with zero attached hydrogens (tertiary/aromatic N) is 3. The lowest BCUT2D eigenvalue weighted by Gasteiger charge is -2.15. The first kappa shape index (κ1) is 30.9. The van der Waals surface area contributed by atoms with Gasteiger partial charge in [-0.3, -0.25) is 14.7 Å². The van der Waals surface area contributed by atoms with Crippen molar-refractivity contribution < 1.29 is 4.79 Å². The molecule has 1 fully saturated rings. The second kappa shape index (κ2) is 17.8. The SMILES string of the molecule is C=CCN1C(=O)/C(=C2\Sc3ccccc3N2C)SC1=NCCCCCCCCCCCCCCCCCC. The monoisotopic (exact) mass is 555 g/mol. The third kappa shape index (κ3) is 9.51. The Morgan fingerprint density at radius 2 is 1.37 bits per heavy atom. The van der Waals surface area contributed by atoms with Gasteiger partial charge in [-0.25, -0.2) is 0 Å². The summed E-state index contributed by atoms with van der Waals surface area (Å²) in [5.41, 5.74) is 1.15. The summed E-state index contributed by atoms with van der Waals surface area (Å²) in [4.78, 5) is 24.0. The molecular weight excluding hydrogens is 507 g/mol. The number of anilines is 1. The van der Waals surface area contributed by atoms with E-state index in [9.17, 15) is 4.79 Å². The van der Waals surface area contributed by atoms with Crippen molar-refractivity contribution >= 4 is 40.3 Å². The van der Waals surface area contributed by atoms with Gasteiger partial charge in [0.1, 0.15) is 4.91 Å². The Morgan fingerprint density at radius 1 is 0.816 bits per heavy atom. The lowest BCUT2D eigenvalue weighted by molar-refractivity contribution is -0.121. The topological polar surface area (TPSA) is 35.9 Å². The number of benzene rings is 1. The van der Waals surface area contributed by atoms with E-state index >= 15 is 0 Å². The first-order valence-electron chi connectivity index (χ1n) is 15.1. The lowest BCUT2D eigenvalue weighted by Crippen LogP contribution is -2.30. The van der Waals surface area contributed by atoms with Gasteiger partial charge in [-0.15, -0.1) is 6.58 Å². The van der Waals surface area contributed by atoms with Gasteiger partial charge >= 0.3 is 0 Å². The lowest BCUT2D eigenvalue weighted by atomic mass is 10.0. The van der Waals surface area contributed by atoms with Crippen LogP contribution < -0.4 is 4.90 Å². The standard InChI is InChI=1S/C32H49N3OS2/c1-4-6-7-8-9-10-11-12-13-14-15-16-17-18-19-22-25-33-32-35(26-5-2)30(36)29(38-32)31-34(3)27-23-20-21-24-28(27)37-31/h5,20-21,23-24H,2,4,6-19,22,25-26H2,1,3H3/b31-29+,33-32?. The number of rotatable bonds is 19. The molecule has 0 aromatic heterocycles. The molecule has 4 nitrogen and oxygen atoms in total. The zero-order valence-electron chi connectivity index (χ0n) is 23.9. The predicted molar refractivity (Wildman–Crippen MR) is 169 cm³/mol. The fourth-order valence-electron chi connectivity index (χ4n) is 5.08. The smallest absolute Gasteiger partial charge is 0.269 e. The van der Waals surface area contributed by atoms with E-state index in [0.717, 1.165) is 33.8 Å². The van der Waals surface area contributed by atoms with Crippen LogP contribution in [0.3, 0.4) is 0 Å². The summed E-state index contributed by atoms with van der Waals surface area (Å²) in [6.45, 7) is 7.43. The number of amidine groups is 1. The summed E-state index contributed by atoms with van der Waals surface area (Å²) in [6.07, 6.45) is 23.7. The molecule has 2 aliphatic rings. The number of hydrogen-bond acceptors (Lipinski definition) is 5. The Hall–Kier alpha value is -1.66. The molecule has 0 radical (unpaired) electrons. The van der Waals surface area contributed by atoms with E-state index in [-0.39, 0.29) is 5.91 Å². The van der Waals surface area contributed by atoms with Crippen molar-refractivity contribution in [1.29, 1.82) is 0 Å². The number of carbonyl (C=O) groups is 1. The molecule has 210 valence electrons. The predicted octanol–water partition coefficient (Wildman–Crippen LogP) is 9.78. The molecule has 0 saturated carbocycles. The number of unbranched alkanes of at least 4 members (excludes halogenated alkanes) is 15. The van der Waals surface area contributed by atoms with Crippen molar-refractivity contribution in [3.05, 3.63) is 46.9 Å². The molecule has 1 amide bonds. The fourth-order valence-corrected chi connectivity index (χ4v) is 7.44. The van der Waals surface area contributed by atoms with E-state index in [1.54, 1.807) is 22.7 Å². The average molecular weight is 556 g/mol. The Labute approximate surface area is 240 Å². The molecular formula is C32H49N3OS2. The van der Waals surface area contributed by atoms with Crippen molar-refractivity contribution in [2.24, 2.45) is 4.99 Å². The molecule has 1 aromatic rings. The van der Waals surface area contributed by atoms with E-state index in [4.69, 9.17) is 4.99 Å². The molecule has 6 heteroatoms. The van der Waals surface area contributed by atoms with Crippen molar-refractivity contribution in [2.45, 2.75) is 115 Å². The van der Waals surface area contributed by atoms with Gasteiger partial charge in [0.15, 0.2) is 5.17 Å². The van der Waals surface area contributed by atoms with Crippen molar-refractivity contribution in [1.82, 2.24) is 4.90 Å². The third-order valence-corrected chi connectivity index (χ3v) is 9.84. The Morgan fingerprint density at radius 3 is 1.92 bits per heavy atom. The van der Waals surface area contributed by atoms with Crippen LogP contribution in [-0.4, -0.2) is 36.1 Å². The van der Waals surface area contributed by atoms with Gasteiger partial charge in [-0.1, -0.05) is 133 Å². The molecule has 3 rings (SSSR count). The van der Waals surface area contributed by atoms with Crippen LogP contribution in [0.5, 0.6) is 0 Å². The second-order valence-electron chi connectivity index (χ2n) is 10.5. The molecule has 0 spiro atoms. The van der Waals surface area contributed by atoms with Crippen LogP contribution in [0, 0.1) is 0 Å². The summed E-state index contributed by atoms with van der Waals surface area (Å²) in [7, 11) is 2.04. The number of carbonyl (C=O) groups excluding carboxylic acids is 1.